The van der Waals surface area contributed by atoms with Gasteiger partial charge in [-0.3, -0.25) is 0 Å². The van der Waals surface area contributed by atoms with Gasteiger partial charge in [0.05, 0.1) is 6.61 Å². The molecule has 3 heteroatoms. The highest BCUT2D eigenvalue weighted by Crippen LogP contribution is 2.15. The fraction of sp³-hybridized carbons (Fsp3) is 0.864. The Morgan fingerprint density at radius 3 is 1.64 bits per heavy atom. The summed E-state index contributed by atoms with van der Waals surface area (Å²) in [5, 5.41) is 0. The highest BCUT2D eigenvalue weighted by Gasteiger charge is 2.06. The molecule has 25 heavy (non-hydrogen) atoms. The van der Waals surface area contributed by atoms with Crippen molar-refractivity contribution in [2.24, 2.45) is 0 Å². The molecule has 0 heterocycles. The first kappa shape index (κ1) is 24.6. The zero-order valence-electron chi connectivity index (χ0n) is 17.0. The molecule has 148 valence electrons. The molecular weight excluding hydrogens is 328 g/mol. The summed E-state index contributed by atoms with van der Waals surface area (Å²) in [7, 11) is 0. The quantitative estimate of drug-likeness (QED) is 0.135. The first-order chi connectivity index (χ1) is 12.2. The van der Waals surface area contributed by atoms with Crippen LogP contribution in [0.5, 0.6) is 0 Å². The van der Waals surface area contributed by atoms with Gasteiger partial charge >= 0.3 is 5.97 Å². The minimum atomic E-state index is -0.240. The van der Waals surface area contributed by atoms with Gasteiger partial charge in [-0.15, -0.1) is 0 Å². The molecule has 0 N–H and O–H groups in total. The number of hydrogen-bond donors (Lipinski definition) is 0. The summed E-state index contributed by atoms with van der Waals surface area (Å²) in [5.41, 5.74) is 0.595. The molecule has 0 aromatic rings. The van der Waals surface area contributed by atoms with E-state index < -0.39 is 0 Å². The van der Waals surface area contributed by atoms with Crippen molar-refractivity contribution >= 4 is 17.7 Å². The van der Waals surface area contributed by atoms with Gasteiger partial charge in [-0.2, -0.15) is 11.8 Å². The normalized spacial score (nSPS) is 10.8. The molecule has 0 saturated carbocycles. The van der Waals surface area contributed by atoms with Crippen LogP contribution in [0.15, 0.2) is 12.2 Å². The maximum Gasteiger partial charge on any atom is 0.334 e. The van der Waals surface area contributed by atoms with Gasteiger partial charge in [0.2, 0.25) is 0 Å². The Kier molecular flexibility index (Phi) is 19.5. The SMILES string of the molecule is C=C(CSCCCCCCCCCCCCCCCC)C(=O)OCC. The van der Waals surface area contributed by atoms with Crippen LogP contribution in [0.25, 0.3) is 0 Å². The van der Waals surface area contributed by atoms with Crippen LogP contribution in [0, 0.1) is 0 Å². The highest BCUT2D eigenvalue weighted by atomic mass is 32.2. The monoisotopic (exact) mass is 370 g/mol. The Bertz CT molecular complexity index is 315. The van der Waals surface area contributed by atoms with Crippen molar-refractivity contribution in [3.63, 3.8) is 0 Å². The van der Waals surface area contributed by atoms with Crippen LogP contribution in [0.4, 0.5) is 0 Å². The lowest BCUT2D eigenvalue weighted by atomic mass is 10.0. The van der Waals surface area contributed by atoms with Crippen molar-refractivity contribution in [2.75, 3.05) is 18.1 Å². The van der Waals surface area contributed by atoms with Crippen molar-refractivity contribution in [1.29, 1.82) is 0 Å². The summed E-state index contributed by atoms with van der Waals surface area (Å²) in [6.45, 7) is 8.32. The van der Waals surface area contributed by atoms with Crippen molar-refractivity contribution in [1.82, 2.24) is 0 Å². The zero-order valence-corrected chi connectivity index (χ0v) is 17.8. The van der Waals surface area contributed by atoms with Gasteiger partial charge in [0.15, 0.2) is 0 Å². The third kappa shape index (κ3) is 18.2. The summed E-state index contributed by atoms with van der Waals surface area (Å²) in [6.07, 6.45) is 19.5. The van der Waals surface area contributed by atoms with E-state index in [1.165, 1.54) is 89.9 Å². The molecule has 0 saturated heterocycles. The van der Waals surface area contributed by atoms with Crippen LogP contribution in [0.3, 0.4) is 0 Å². The predicted octanol–water partition coefficient (Wildman–Crippen LogP) is 7.32. The van der Waals surface area contributed by atoms with Crippen LogP contribution in [0.2, 0.25) is 0 Å². The van der Waals surface area contributed by atoms with E-state index in [2.05, 4.69) is 13.5 Å². The minimum absolute atomic E-state index is 0.240. The van der Waals surface area contributed by atoms with E-state index in [-0.39, 0.29) is 5.97 Å². The highest BCUT2D eigenvalue weighted by molar-refractivity contribution is 7.99. The molecule has 0 aliphatic heterocycles. The maximum absolute atomic E-state index is 11.4. The third-order valence-corrected chi connectivity index (χ3v) is 5.61. The molecule has 0 bridgehead atoms. The molecule has 0 fully saturated rings. The van der Waals surface area contributed by atoms with E-state index >= 15 is 0 Å². The molecule has 0 unspecified atom stereocenters. The topological polar surface area (TPSA) is 26.3 Å². The van der Waals surface area contributed by atoms with E-state index in [0.29, 0.717) is 17.9 Å². The van der Waals surface area contributed by atoms with E-state index in [0.717, 1.165) is 5.75 Å². The standard InChI is InChI=1S/C22H42O2S/c1-4-6-7-8-9-10-11-12-13-14-15-16-17-18-19-25-20-21(3)22(23)24-5-2/h3-20H2,1-2H3. The maximum atomic E-state index is 11.4. The molecule has 0 radical (unpaired) electrons. The van der Waals surface area contributed by atoms with E-state index in [1.807, 2.05) is 6.92 Å². The summed E-state index contributed by atoms with van der Waals surface area (Å²) in [4.78, 5) is 11.4. The van der Waals surface area contributed by atoms with Crippen LogP contribution < -0.4 is 0 Å². The Balaban J connectivity index is 3.14. The van der Waals surface area contributed by atoms with Crippen molar-refractivity contribution in [3.05, 3.63) is 12.2 Å². The second-order valence-electron chi connectivity index (χ2n) is 6.97. The Morgan fingerprint density at radius 1 is 0.760 bits per heavy atom. The summed E-state index contributed by atoms with van der Waals surface area (Å²) >= 11 is 1.80. The molecule has 0 aliphatic rings. The number of thioether (sulfide) groups is 1. The van der Waals surface area contributed by atoms with Gasteiger partial charge in [0, 0.05) is 11.3 Å². The van der Waals surface area contributed by atoms with E-state index in [4.69, 9.17) is 4.74 Å². The van der Waals surface area contributed by atoms with Crippen LogP contribution >= 0.6 is 11.8 Å². The van der Waals surface area contributed by atoms with Crippen LogP contribution in [-0.2, 0) is 9.53 Å². The van der Waals surface area contributed by atoms with E-state index in [9.17, 15) is 4.79 Å². The molecule has 0 rings (SSSR count). The van der Waals surface area contributed by atoms with Gasteiger partial charge in [0.25, 0.3) is 0 Å². The molecule has 0 spiro atoms. The van der Waals surface area contributed by atoms with Crippen molar-refractivity contribution in [3.8, 4) is 0 Å². The molecule has 0 amide bonds. The van der Waals surface area contributed by atoms with Gasteiger partial charge in [-0.25, -0.2) is 4.79 Å². The fourth-order valence-electron chi connectivity index (χ4n) is 2.89. The Labute approximate surface area is 161 Å². The average molecular weight is 371 g/mol. The van der Waals surface area contributed by atoms with Gasteiger partial charge < -0.3 is 4.74 Å². The number of carbonyl (C=O) groups is 1. The zero-order chi connectivity index (χ0) is 18.6. The second-order valence-corrected chi connectivity index (χ2v) is 8.08. The summed E-state index contributed by atoms with van der Waals surface area (Å²) in [5.74, 6) is 1.59. The third-order valence-electron chi connectivity index (χ3n) is 4.48. The predicted molar refractivity (Wildman–Crippen MR) is 113 cm³/mol. The molecule has 0 aromatic heterocycles. The number of unbranched alkanes of at least 4 members (excludes halogenated alkanes) is 13. The number of esters is 1. The van der Waals surface area contributed by atoms with E-state index in [1.54, 1.807) is 11.8 Å². The van der Waals surface area contributed by atoms with Gasteiger partial charge in [-0.1, -0.05) is 97.0 Å². The first-order valence-electron chi connectivity index (χ1n) is 10.6. The largest absolute Gasteiger partial charge is 0.463 e. The molecule has 0 aromatic carbocycles. The van der Waals surface area contributed by atoms with Gasteiger partial charge in [0.1, 0.15) is 0 Å². The van der Waals surface area contributed by atoms with Crippen molar-refractivity contribution in [2.45, 2.75) is 104 Å². The average Bonchev–Trinajstić information content (AvgIpc) is 2.61. The summed E-state index contributed by atoms with van der Waals surface area (Å²) in [6, 6.07) is 0. The van der Waals surface area contributed by atoms with Crippen molar-refractivity contribution < 1.29 is 9.53 Å². The number of carbonyl (C=O) groups excluding carboxylic acids is 1. The lowest BCUT2D eigenvalue weighted by Gasteiger charge is -2.05. The molecule has 0 atom stereocenters. The summed E-state index contributed by atoms with van der Waals surface area (Å²) < 4.78 is 4.93. The van der Waals surface area contributed by atoms with Gasteiger partial charge in [-0.05, 0) is 19.1 Å². The smallest absolute Gasteiger partial charge is 0.334 e. The molecule has 0 aliphatic carbocycles. The Hall–Kier alpha value is -0.440. The lowest BCUT2D eigenvalue weighted by molar-refractivity contribution is -0.138. The van der Waals surface area contributed by atoms with Crippen LogP contribution in [0.1, 0.15) is 104 Å². The first-order valence-corrected chi connectivity index (χ1v) is 11.8. The molecule has 2 nitrogen and oxygen atoms in total. The minimum Gasteiger partial charge on any atom is -0.463 e. The Morgan fingerprint density at radius 2 is 1.20 bits per heavy atom. The number of rotatable bonds is 19. The lowest BCUT2D eigenvalue weighted by Crippen LogP contribution is -2.08. The molecular formula is C22H42O2S. The van der Waals surface area contributed by atoms with Crippen LogP contribution in [-0.4, -0.2) is 24.1 Å². The second kappa shape index (κ2) is 19.9. The fourth-order valence-corrected chi connectivity index (χ4v) is 3.80. The number of hydrogen-bond acceptors (Lipinski definition) is 3. The number of ether oxygens (including phenoxy) is 1.